The van der Waals surface area contributed by atoms with Crippen molar-refractivity contribution < 1.29 is 4.39 Å². The van der Waals surface area contributed by atoms with Gasteiger partial charge in [0.2, 0.25) is 0 Å². The summed E-state index contributed by atoms with van der Waals surface area (Å²) in [7, 11) is 0. The Bertz CT molecular complexity index is 1800. The number of hydrogen-bond acceptors (Lipinski definition) is 6. The first-order chi connectivity index (χ1) is 20.0. The second-order valence-corrected chi connectivity index (χ2v) is 11.3. The number of aromatic nitrogens is 5. The van der Waals surface area contributed by atoms with Crippen LogP contribution in [-0.2, 0) is 0 Å². The van der Waals surface area contributed by atoms with E-state index in [4.69, 9.17) is 4.98 Å². The van der Waals surface area contributed by atoms with Gasteiger partial charge in [-0.05, 0) is 93.3 Å². The van der Waals surface area contributed by atoms with Gasteiger partial charge in [0.15, 0.2) is 5.13 Å². The fourth-order valence-corrected chi connectivity index (χ4v) is 6.19. The summed E-state index contributed by atoms with van der Waals surface area (Å²) in [5.41, 5.74) is 7.71. The number of nitrogens with one attached hydrogen (secondary N) is 4. The van der Waals surface area contributed by atoms with Crippen molar-refractivity contribution >= 4 is 38.8 Å². The highest BCUT2D eigenvalue weighted by molar-refractivity contribution is 7.14. The van der Waals surface area contributed by atoms with E-state index in [1.165, 1.54) is 18.9 Å². The number of fused-ring (bicyclic) bond motifs is 2. The quantitative estimate of drug-likeness (QED) is 0.140. The van der Waals surface area contributed by atoms with Gasteiger partial charge in [0, 0.05) is 38.8 Å². The molecule has 208 valence electrons. The molecule has 0 radical (unpaired) electrons. The Hall–Kier alpha value is -4.34. The summed E-state index contributed by atoms with van der Waals surface area (Å²) >= 11 is 1.12. The van der Waals surface area contributed by atoms with Gasteiger partial charge < -0.3 is 15.6 Å². The zero-order valence-electron chi connectivity index (χ0n) is 22.9. The van der Waals surface area contributed by atoms with Crippen molar-refractivity contribution in [2.75, 3.05) is 13.1 Å². The lowest BCUT2D eigenvalue weighted by Crippen LogP contribution is -2.28. The summed E-state index contributed by atoms with van der Waals surface area (Å²) in [6, 6.07) is 9.26. The predicted octanol–water partition coefficient (Wildman–Crippen LogP) is 7.34. The number of thiophene rings is 1. The Morgan fingerprint density at radius 1 is 1.17 bits per heavy atom. The molecule has 0 amide bonds. The first kappa shape index (κ1) is 26.9. The number of nitrogens with zero attached hydrogens (tertiary/aromatic N) is 3. The average molecular weight is 566 g/mol. The van der Waals surface area contributed by atoms with Crippen LogP contribution in [0.3, 0.4) is 0 Å². The number of pyridine rings is 2. The monoisotopic (exact) mass is 565 g/mol. The molecule has 0 saturated carbocycles. The first-order valence-electron chi connectivity index (χ1n) is 13.8. The summed E-state index contributed by atoms with van der Waals surface area (Å²) in [4.78, 5) is 13.5. The van der Waals surface area contributed by atoms with Crippen LogP contribution in [0.5, 0.6) is 0 Å². The van der Waals surface area contributed by atoms with Gasteiger partial charge in [0.1, 0.15) is 11.3 Å². The van der Waals surface area contributed by atoms with Gasteiger partial charge in [-0.3, -0.25) is 10.1 Å². The first-order valence-corrected chi connectivity index (χ1v) is 14.6. The molecule has 0 bridgehead atoms. The van der Waals surface area contributed by atoms with Crippen molar-refractivity contribution in [2.45, 2.75) is 26.2 Å². The largest absolute Gasteiger partial charge is 0.359 e. The molecule has 6 heterocycles. The lowest BCUT2D eigenvalue weighted by atomic mass is 9.93. The van der Waals surface area contributed by atoms with Crippen molar-refractivity contribution in [3.8, 4) is 21.8 Å². The van der Waals surface area contributed by atoms with Gasteiger partial charge in [-0.25, -0.2) is 4.98 Å². The van der Waals surface area contributed by atoms with E-state index >= 15 is 0 Å². The third-order valence-electron chi connectivity index (χ3n) is 7.53. The van der Waals surface area contributed by atoms with Gasteiger partial charge in [-0.2, -0.15) is 9.49 Å². The molecule has 0 aromatic carbocycles. The SMILES string of the molecule is C=C/C(=C\C(=C/C)c1cc2c(-c3cc4c(-c5ccc(F)s5)ccnc4[nH]3)n[nH]c2cn1)NC(=C)CC1CCNCC1. The fourth-order valence-electron chi connectivity index (χ4n) is 5.42. The summed E-state index contributed by atoms with van der Waals surface area (Å²) in [6.45, 7) is 12.4. The van der Waals surface area contributed by atoms with Crippen LogP contribution in [0.2, 0.25) is 0 Å². The van der Waals surface area contributed by atoms with Crippen molar-refractivity contribution in [3.05, 3.63) is 96.3 Å². The molecule has 5 aromatic rings. The van der Waals surface area contributed by atoms with Crippen LogP contribution in [0.25, 0.3) is 49.3 Å². The van der Waals surface area contributed by atoms with E-state index in [-0.39, 0.29) is 5.13 Å². The van der Waals surface area contributed by atoms with E-state index < -0.39 is 0 Å². The molecule has 1 saturated heterocycles. The minimum atomic E-state index is -0.214. The summed E-state index contributed by atoms with van der Waals surface area (Å²) in [5, 5.41) is 16.2. The zero-order chi connectivity index (χ0) is 28.3. The standard InChI is InChI=1S/C32H32FN7S/c1-4-21(15-22(5-2)37-19(3)14-20-8-11-34-12-9-20)26-17-25-28(18-36-26)39-40-31(25)27-16-24-23(10-13-35-32(24)38-27)29-6-7-30(33)41-29/h4-7,10,13,15-18,20,34,37H,2-3,8-9,11-12,14H2,1H3,(H,35,38)(H,39,40)/b21-4+,22-15+. The van der Waals surface area contributed by atoms with E-state index in [2.05, 4.69) is 44.0 Å². The highest BCUT2D eigenvalue weighted by atomic mass is 32.1. The molecule has 41 heavy (non-hydrogen) atoms. The minimum Gasteiger partial charge on any atom is -0.359 e. The molecule has 4 N–H and O–H groups in total. The molecule has 1 fully saturated rings. The molecule has 0 atom stereocenters. The highest BCUT2D eigenvalue weighted by Gasteiger charge is 2.17. The van der Waals surface area contributed by atoms with Crippen LogP contribution < -0.4 is 10.6 Å². The molecule has 5 aromatic heterocycles. The lowest BCUT2D eigenvalue weighted by Gasteiger charge is -2.24. The molecule has 0 aliphatic carbocycles. The molecular formula is C32H32FN7S. The molecule has 9 heteroatoms. The number of rotatable bonds is 9. The molecule has 0 unspecified atom stereocenters. The number of H-pyrrole nitrogens is 2. The number of hydrogen-bond donors (Lipinski definition) is 4. The summed E-state index contributed by atoms with van der Waals surface area (Å²) in [6.07, 6.45) is 12.7. The minimum absolute atomic E-state index is 0.214. The van der Waals surface area contributed by atoms with E-state index in [1.807, 2.05) is 43.4 Å². The van der Waals surface area contributed by atoms with Crippen molar-refractivity contribution in [1.29, 1.82) is 0 Å². The van der Waals surface area contributed by atoms with Crippen molar-refractivity contribution in [1.82, 2.24) is 35.8 Å². The highest BCUT2D eigenvalue weighted by Crippen LogP contribution is 2.36. The Morgan fingerprint density at radius 2 is 2.02 bits per heavy atom. The number of allylic oxidation sites excluding steroid dienone is 5. The smallest absolute Gasteiger partial charge is 0.176 e. The molecule has 0 spiro atoms. The van der Waals surface area contributed by atoms with Gasteiger partial charge >= 0.3 is 0 Å². The topological polar surface area (TPSA) is 94.3 Å². The fraction of sp³-hybridized carbons (Fsp3) is 0.219. The second-order valence-electron chi connectivity index (χ2n) is 10.3. The average Bonchev–Trinajstić information content (AvgIpc) is 3.73. The molecular weight excluding hydrogens is 533 g/mol. The summed E-state index contributed by atoms with van der Waals surface area (Å²) in [5.74, 6) is 0.648. The zero-order valence-corrected chi connectivity index (χ0v) is 23.7. The molecule has 1 aliphatic rings. The maximum Gasteiger partial charge on any atom is 0.176 e. The van der Waals surface area contributed by atoms with Gasteiger partial charge in [-0.1, -0.05) is 19.2 Å². The number of halogens is 1. The van der Waals surface area contributed by atoms with E-state index in [1.54, 1.807) is 18.5 Å². The maximum atomic E-state index is 13.8. The second kappa shape index (κ2) is 11.6. The normalized spacial score (nSPS) is 15.1. The number of piperidine rings is 1. The van der Waals surface area contributed by atoms with Crippen molar-refractivity contribution in [3.63, 3.8) is 0 Å². The van der Waals surface area contributed by atoms with Gasteiger partial charge in [0.25, 0.3) is 0 Å². The third-order valence-corrected chi connectivity index (χ3v) is 8.43. The van der Waals surface area contributed by atoms with E-state index in [9.17, 15) is 4.39 Å². The molecule has 1 aliphatic heterocycles. The van der Waals surface area contributed by atoms with Crippen LogP contribution in [0.1, 0.15) is 31.9 Å². The van der Waals surface area contributed by atoms with Gasteiger partial charge in [0.05, 0.1) is 23.1 Å². The van der Waals surface area contributed by atoms with Crippen LogP contribution in [-0.4, -0.2) is 38.2 Å². The predicted molar refractivity (Wildman–Crippen MR) is 167 cm³/mol. The van der Waals surface area contributed by atoms with Crippen molar-refractivity contribution in [2.24, 2.45) is 5.92 Å². The number of aromatic amines is 2. The Morgan fingerprint density at radius 3 is 2.78 bits per heavy atom. The van der Waals surface area contributed by atoms with Crippen LogP contribution in [0, 0.1) is 11.0 Å². The Balaban J connectivity index is 1.29. The van der Waals surface area contributed by atoms with E-state index in [0.717, 1.165) is 97.3 Å². The van der Waals surface area contributed by atoms with Crippen LogP contribution >= 0.6 is 11.3 Å². The molecule has 6 rings (SSSR count). The Kier molecular flexibility index (Phi) is 7.63. The summed E-state index contributed by atoms with van der Waals surface area (Å²) < 4.78 is 13.8. The lowest BCUT2D eigenvalue weighted by molar-refractivity contribution is 0.368. The third kappa shape index (κ3) is 5.64. The van der Waals surface area contributed by atoms with Crippen LogP contribution in [0.4, 0.5) is 4.39 Å². The molecule has 7 nitrogen and oxygen atoms in total. The van der Waals surface area contributed by atoms with Gasteiger partial charge in [-0.15, -0.1) is 11.3 Å². The van der Waals surface area contributed by atoms with Crippen LogP contribution in [0.15, 0.2) is 85.5 Å². The van der Waals surface area contributed by atoms with E-state index in [0.29, 0.717) is 5.92 Å². The maximum absolute atomic E-state index is 13.8. The Labute approximate surface area is 242 Å².